The molecule has 4 aromatic carbocycles. The number of H-pyrrole nitrogens is 2. The van der Waals surface area contributed by atoms with E-state index >= 15 is 0 Å². The number of aromatic nitrogens is 8. The van der Waals surface area contributed by atoms with Gasteiger partial charge >= 0.3 is 0 Å². The Balaban J connectivity index is 0.000000155. The highest BCUT2D eigenvalue weighted by molar-refractivity contribution is 5.55. The predicted molar refractivity (Wildman–Crippen MR) is 455 cm³/mol. The lowest BCUT2D eigenvalue weighted by Gasteiger charge is -2.34. The minimum atomic E-state index is -0.146. The molecule has 0 unspecified atom stereocenters. The average Bonchev–Trinajstić information content (AvgIpc) is 1.72. The summed E-state index contributed by atoms with van der Waals surface area (Å²) in [4.78, 5) is 40.0. The molecule has 10 heterocycles. The summed E-state index contributed by atoms with van der Waals surface area (Å²) in [6.07, 6.45) is 16.0. The Morgan fingerprint density at radius 1 is 0.330 bits per heavy atom. The monoisotopic (exact) mass is 1540 g/mol. The summed E-state index contributed by atoms with van der Waals surface area (Å²) in [5.41, 5.74) is 11.6. The number of likely N-dealkylation sites (tertiary alicyclic amines) is 6. The third-order valence-electron chi connectivity index (χ3n) is 24.9. The van der Waals surface area contributed by atoms with Gasteiger partial charge in [-0.25, -0.2) is 18.7 Å². The van der Waals surface area contributed by atoms with Crippen LogP contribution in [-0.4, -0.2) is 148 Å². The summed E-state index contributed by atoms with van der Waals surface area (Å²) in [5, 5.41) is 8.25. The Bertz CT molecular complexity index is 3640. The van der Waals surface area contributed by atoms with Crippen molar-refractivity contribution in [2.24, 2.45) is 71.0 Å². The van der Waals surface area contributed by atoms with Crippen LogP contribution in [0.3, 0.4) is 0 Å². The minimum Gasteiger partial charge on any atom is -0.345 e. The molecule has 0 amide bonds. The zero-order chi connectivity index (χ0) is 80.4. The number of piperidine rings is 6. The van der Waals surface area contributed by atoms with Crippen LogP contribution in [0.2, 0.25) is 0 Å². The first-order valence-corrected chi connectivity index (χ1v) is 43.3. The van der Waals surface area contributed by atoms with Crippen molar-refractivity contribution in [3.63, 3.8) is 0 Å². The second kappa shape index (κ2) is 44.9. The summed E-state index contributed by atoms with van der Waals surface area (Å²) < 4.78 is 36.5. The van der Waals surface area contributed by atoms with Gasteiger partial charge in [-0.3, -0.25) is 29.4 Å². The molecule has 6 aliphatic rings. The molecule has 6 aliphatic heterocycles. The number of imidazole rings is 2. The number of nitrogens with zero attached hydrogens (tertiary/aromatic N) is 12. The van der Waals surface area contributed by atoms with Crippen LogP contribution in [0.5, 0.6) is 0 Å². The molecule has 18 heteroatoms. The van der Waals surface area contributed by atoms with Crippen molar-refractivity contribution >= 4 is 0 Å². The molecule has 6 fully saturated rings. The van der Waals surface area contributed by atoms with E-state index in [4.69, 9.17) is 9.05 Å². The van der Waals surface area contributed by atoms with E-state index in [1.54, 1.807) is 24.3 Å². The summed E-state index contributed by atoms with van der Waals surface area (Å²) in [7, 11) is 0. The number of hydrogen-bond donors (Lipinski definition) is 2. The van der Waals surface area contributed by atoms with Crippen LogP contribution in [0.15, 0.2) is 106 Å². The highest BCUT2D eigenvalue weighted by Crippen LogP contribution is 2.31. The number of aryl methyl sites for hydroxylation is 6. The van der Waals surface area contributed by atoms with Crippen LogP contribution in [-0.2, 0) is 39.3 Å². The van der Waals surface area contributed by atoms with Gasteiger partial charge in [-0.05, 0) is 264 Å². The third-order valence-corrected chi connectivity index (χ3v) is 24.9. The van der Waals surface area contributed by atoms with Gasteiger partial charge in [-0.1, -0.05) is 177 Å². The van der Waals surface area contributed by atoms with Crippen LogP contribution < -0.4 is 0 Å². The minimum absolute atomic E-state index is 0.146. The molecule has 0 bridgehead atoms. The van der Waals surface area contributed by atoms with E-state index in [2.05, 4.69) is 219 Å². The van der Waals surface area contributed by atoms with Crippen molar-refractivity contribution in [2.45, 2.75) is 241 Å². The van der Waals surface area contributed by atoms with Gasteiger partial charge in [-0.15, -0.1) is 0 Å². The van der Waals surface area contributed by atoms with Crippen molar-refractivity contribution in [1.29, 1.82) is 0 Å². The van der Waals surface area contributed by atoms with Gasteiger partial charge in [0.05, 0.1) is 37.6 Å². The number of hydrogen-bond acceptors (Lipinski definition) is 14. The van der Waals surface area contributed by atoms with Crippen LogP contribution in [0, 0.1) is 124 Å². The Labute approximate surface area is 674 Å². The lowest BCUT2D eigenvalue weighted by Crippen LogP contribution is -2.37. The lowest BCUT2D eigenvalue weighted by molar-refractivity contribution is 0.126. The van der Waals surface area contributed by atoms with Crippen molar-refractivity contribution < 1.29 is 17.8 Å². The zero-order valence-electron chi connectivity index (χ0n) is 72.3. The molecule has 616 valence electrons. The maximum atomic E-state index is 12.8. The van der Waals surface area contributed by atoms with Crippen molar-refractivity contribution in [3.8, 4) is 22.8 Å². The summed E-state index contributed by atoms with van der Waals surface area (Å²) in [5.74, 6) is 14.4. The summed E-state index contributed by atoms with van der Waals surface area (Å²) >= 11 is 0. The van der Waals surface area contributed by atoms with Gasteiger partial charge in [-0.2, -0.15) is 9.97 Å². The predicted octanol–water partition coefficient (Wildman–Crippen LogP) is 21.0. The van der Waals surface area contributed by atoms with Crippen molar-refractivity contribution in [2.75, 3.05) is 78.5 Å². The van der Waals surface area contributed by atoms with E-state index in [-0.39, 0.29) is 11.6 Å². The Kier molecular flexibility index (Phi) is 35.7. The van der Waals surface area contributed by atoms with E-state index in [0.29, 0.717) is 11.6 Å². The number of rotatable bonds is 20. The first-order chi connectivity index (χ1) is 53.6. The Morgan fingerprint density at radius 3 is 0.821 bits per heavy atom. The highest BCUT2D eigenvalue weighted by Gasteiger charge is 2.29. The zero-order valence-corrected chi connectivity index (χ0v) is 72.3. The van der Waals surface area contributed by atoms with E-state index < -0.39 is 0 Å². The molecule has 8 aromatic rings. The van der Waals surface area contributed by atoms with Crippen LogP contribution >= 0.6 is 0 Å². The Hall–Kier alpha value is -6.80. The molecule has 6 saturated heterocycles. The first kappa shape index (κ1) is 89.1. The molecular formula is C94H144F2N14O2. The number of nitrogens with one attached hydrogen (secondary N) is 2. The van der Waals surface area contributed by atoms with E-state index in [1.165, 1.54) is 163 Å². The fraction of sp³-hybridized carbons (Fsp3) is 0.638. The maximum Gasteiger partial charge on any atom is 0.241 e. The quantitative estimate of drug-likeness (QED) is 0.0743. The molecule has 2 N–H and O–H groups in total. The van der Waals surface area contributed by atoms with E-state index in [9.17, 15) is 8.78 Å². The standard InChI is InChI=1S/2C18H25N3O.2C15H22FN.2C14H25N3/c2*1-13(2)16-5-4-10-21(11-16)12-17-19-18(20-22-17)15-8-6-14(3)7-9-15;2*1-12(2)14-4-3-9-17(11-14)10-13-5-7-15(16)8-6-13;2*1-10(2)13-6-5-7-17(8-13)9-14-15-11(3)12(4)16-14/h2*6-9,13,16H,4-5,10-12H2,1-3H3;2*5-8,12,14H,3-4,9-11H2,1-2H3;2*10,13H,5-9H2,1-4H3,(H,15,16)/t2*16-;2*14-;2*13-/m101010/s1. The van der Waals surface area contributed by atoms with Gasteiger partial charge in [0, 0.05) is 74.9 Å². The van der Waals surface area contributed by atoms with Gasteiger partial charge in [0.2, 0.25) is 23.4 Å². The SMILES string of the molecule is CC(C)[C@@H]1CCCN(Cc2ccc(F)cc2)C1.CC(C)[C@H]1CCCN(Cc2ccc(F)cc2)C1.Cc1ccc(-c2noc(CN3CCC[C@@H](C(C)C)C3)n2)cc1.Cc1ccc(-c2noc(CN3CCC[C@H](C(C)C)C3)n2)cc1.Cc1nc(CN2CCC[C@@H](C(C)C)C2)[nH]c1C.Cc1nc(CN2CCC[C@H](C(C)C)C2)[nH]c1C. The molecule has 0 spiro atoms. The van der Waals surface area contributed by atoms with E-state index in [0.717, 1.165) is 182 Å². The molecule has 16 nitrogen and oxygen atoms in total. The molecular weight excluding hydrogens is 1400 g/mol. The molecule has 0 aliphatic carbocycles. The fourth-order valence-corrected chi connectivity index (χ4v) is 16.8. The molecule has 4 aromatic heterocycles. The van der Waals surface area contributed by atoms with Crippen LogP contribution in [0.1, 0.15) is 229 Å². The first-order valence-electron chi connectivity index (χ1n) is 43.3. The summed E-state index contributed by atoms with van der Waals surface area (Å²) in [6.45, 7) is 60.0. The van der Waals surface area contributed by atoms with Gasteiger partial charge < -0.3 is 19.0 Å². The largest absolute Gasteiger partial charge is 0.345 e. The van der Waals surface area contributed by atoms with Crippen LogP contribution in [0.25, 0.3) is 22.8 Å². The molecule has 0 saturated carbocycles. The topological polar surface area (TPSA) is 155 Å². The smallest absolute Gasteiger partial charge is 0.241 e. The van der Waals surface area contributed by atoms with Crippen LogP contribution in [0.4, 0.5) is 8.78 Å². The van der Waals surface area contributed by atoms with Gasteiger partial charge in [0.25, 0.3) is 0 Å². The summed E-state index contributed by atoms with van der Waals surface area (Å²) in [6, 6.07) is 30.3. The van der Waals surface area contributed by atoms with Crippen molar-refractivity contribution in [1.82, 2.24) is 69.6 Å². The van der Waals surface area contributed by atoms with Gasteiger partial charge in [0.1, 0.15) is 23.3 Å². The highest BCUT2D eigenvalue weighted by atomic mass is 19.1. The lowest BCUT2D eigenvalue weighted by atomic mass is 9.88. The second-order valence-electron chi connectivity index (χ2n) is 36.1. The van der Waals surface area contributed by atoms with E-state index in [1.807, 2.05) is 48.5 Å². The van der Waals surface area contributed by atoms with Gasteiger partial charge in [0.15, 0.2) is 0 Å². The maximum absolute atomic E-state index is 12.8. The molecule has 112 heavy (non-hydrogen) atoms. The third kappa shape index (κ3) is 29.5. The average molecular weight is 1540 g/mol. The molecule has 6 atom stereocenters. The Morgan fingerprint density at radius 2 is 0.580 bits per heavy atom. The number of halogens is 2. The number of aromatic amines is 2. The molecule has 0 radical (unpaired) electrons. The van der Waals surface area contributed by atoms with Crippen molar-refractivity contribution in [3.05, 3.63) is 177 Å². The fourth-order valence-electron chi connectivity index (χ4n) is 16.8. The second-order valence-corrected chi connectivity index (χ2v) is 36.1. The molecule has 14 rings (SSSR count). The number of benzene rings is 4. The normalized spacial score (nSPS) is 21.2.